The zero-order valence-electron chi connectivity index (χ0n) is 5.58. The van der Waals surface area contributed by atoms with Gasteiger partial charge in [-0.3, -0.25) is 0 Å². The molecular formula is C5H3BrClN3O2. The number of hydrogen-bond donors (Lipinski definition) is 2. The van der Waals surface area contributed by atoms with Crippen LogP contribution in [0.15, 0.2) is 4.60 Å². The maximum absolute atomic E-state index is 10.5. The number of halogens is 2. The maximum Gasteiger partial charge on any atom is 0.357 e. The fourth-order valence-corrected chi connectivity index (χ4v) is 1.12. The van der Waals surface area contributed by atoms with Gasteiger partial charge in [0.15, 0.2) is 16.7 Å². The van der Waals surface area contributed by atoms with E-state index in [1.54, 1.807) is 0 Å². The molecular weight excluding hydrogens is 249 g/mol. The van der Waals surface area contributed by atoms with Crippen molar-refractivity contribution in [2.24, 2.45) is 0 Å². The number of carboxylic acids is 1. The van der Waals surface area contributed by atoms with E-state index in [0.717, 1.165) is 0 Å². The first-order chi connectivity index (χ1) is 5.52. The van der Waals surface area contributed by atoms with Gasteiger partial charge in [0.1, 0.15) is 4.60 Å². The summed E-state index contributed by atoms with van der Waals surface area (Å²) in [5, 5.41) is 8.43. The van der Waals surface area contributed by atoms with Gasteiger partial charge in [0.25, 0.3) is 0 Å². The normalized spacial score (nSPS) is 9.83. The summed E-state index contributed by atoms with van der Waals surface area (Å²) in [6.07, 6.45) is 0. The molecule has 0 aliphatic heterocycles. The molecule has 0 aromatic carbocycles. The smallest absolute Gasteiger partial charge is 0.357 e. The molecule has 0 radical (unpaired) electrons. The van der Waals surface area contributed by atoms with Gasteiger partial charge >= 0.3 is 5.97 Å². The summed E-state index contributed by atoms with van der Waals surface area (Å²) in [6, 6.07) is 0. The summed E-state index contributed by atoms with van der Waals surface area (Å²) in [7, 11) is 0. The molecule has 0 aliphatic carbocycles. The van der Waals surface area contributed by atoms with Crippen LogP contribution in [-0.2, 0) is 0 Å². The van der Waals surface area contributed by atoms with E-state index in [9.17, 15) is 4.79 Å². The van der Waals surface area contributed by atoms with E-state index < -0.39 is 5.97 Å². The van der Waals surface area contributed by atoms with Gasteiger partial charge in [-0.1, -0.05) is 11.6 Å². The van der Waals surface area contributed by atoms with Crippen molar-refractivity contribution in [1.29, 1.82) is 0 Å². The Bertz CT molecular complexity index is 344. The number of nitrogens with two attached hydrogens (primary N) is 1. The number of nitrogens with zero attached hydrogens (tertiary/aromatic N) is 2. The van der Waals surface area contributed by atoms with Crippen LogP contribution in [0, 0.1) is 0 Å². The number of aromatic nitrogens is 2. The molecule has 0 fully saturated rings. The number of carbonyl (C=O) groups is 1. The Morgan fingerprint density at radius 2 is 2.17 bits per heavy atom. The summed E-state index contributed by atoms with van der Waals surface area (Å²) >= 11 is 8.34. The van der Waals surface area contributed by atoms with E-state index in [2.05, 4.69) is 25.9 Å². The zero-order valence-corrected chi connectivity index (χ0v) is 7.93. The van der Waals surface area contributed by atoms with E-state index in [1.165, 1.54) is 0 Å². The topological polar surface area (TPSA) is 89.1 Å². The third kappa shape index (κ3) is 1.64. The molecule has 1 rings (SSSR count). The fraction of sp³-hybridized carbons (Fsp3) is 0. The van der Waals surface area contributed by atoms with Crippen LogP contribution in [0.4, 0.5) is 5.82 Å². The van der Waals surface area contributed by atoms with Crippen LogP contribution >= 0.6 is 27.5 Å². The lowest BCUT2D eigenvalue weighted by molar-refractivity contribution is 0.0689. The Kier molecular flexibility index (Phi) is 2.49. The fourth-order valence-electron chi connectivity index (χ4n) is 0.542. The molecule has 1 aromatic rings. The Morgan fingerprint density at radius 1 is 1.58 bits per heavy atom. The summed E-state index contributed by atoms with van der Waals surface area (Å²) in [5.41, 5.74) is 5.01. The van der Waals surface area contributed by atoms with Gasteiger partial charge in [0, 0.05) is 0 Å². The molecule has 12 heavy (non-hydrogen) atoms. The van der Waals surface area contributed by atoms with Gasteiger partial charge in [-0.2, -0.15) is 0 Å². The maximum atomic E-state index is 10.5. The molecule has 7 heteroatoms. The molecule has 1 aromatic heterocycles. The van der Waals surface area contributed by atoms with Crippen LogP contribution in [0.3, 0.4) is 0 Å². The minimum atomic E-state index is -1.21. The standard InChI is InChI=1S/C5H3BrClN3O2/c6-2-1(5(11)12)9-3(7)4(8)10-2/h(H2,8,10)(H,11,12). The highest BCUT2D eigenvalue weighted by Crippen LogP contribution is 2.19. The van der Waals surface area contributed by atoms with Crippen molar-refractivity contribution < 1.29 is 9.90 Å². The van der Waals surface area contributed by atoms with Crippen molar-refractivity contribution in [3.63, 3.8) is 0 Å². The van der Waals surface area contributed by atoms with Crippen molar-refractivity contribution in [2.45, 2.75) is 0 Å². The lowest BCUT2D eigenvalue weighted by Crippen LogP contribution is -2.06. The molecule has 0 saturated carbocycles. The molecule has 0 spiro atoms. The molecule has 3 N–H and O–H groups in total. The SMILES string of the molecule is Nc1nc(Br)c(C(=O)O)nc1Cl. The van der Waals surface area contributed by atoms with Gasteiger partial charge in [-0.05, 0) is 15.9 Å². The van der Waals surface area contributed by atoms with Crippen LogP contribution in [-0.4, -0.2) is 21.0 Å². The molecule has 1 heterocycles. The summed E-state index contributed by atoms with van der Waals surface area (Å²) in [4.78, 5) is 17.6. The Balaban J connectivity index is 3.33. The van der Waals surface area contributed by atoms with Crippen molar-refractivity contribution in [3.8, 4) is 0 Å². The van der Waals surface area contributed by atoms with Crippen molar-refractivity contribution in [2.75, 3.05) is 5.73 Å². The van der Waals surface area contributed by atoms with Crippen LogP contribution in [0.2, 0.25) is 5.15 Å². The summed E-state index contributed by atoms with van der Waals surface area (Å²) in [6.45, 7) is 0. The molecule has 0 unspecified atom stereocenters. The van der Waals surface area contributed by atoms with Crippen LogP contribution in [0.1, 0.15) is 10.5 Å². The van der Waals surface area contributed by atoms with E-state index in [0.29, 0.717) is 0 Å². The second-order valence-electron chi connectivity index (χ2n) is 1.84. The number of anilines is 1. The van der Waals surface area contributed by atoms with Gasteiger partial charge in [0.05, 0.1) is 0 Å². The molecule has 0 saturated heterocycles. The van der Waals surface area contributed by atoms with E-state index in [-0.39, 0.29) is 21.3 Å². The minimum absolute atomic E-state index is 0.00598. The highest BCUT2D eigenvalue weighted by atomic mass is 79.9. The van der Waals surface area contributed by atoms with E-state index in [4.69, 9.17) is 22.4 Å². The predicted octanol–water partition coefficient (Wildman–Crippen LogP) is 1.17. The molecule has 64 valence electrons. The van der Waals surface area contributed by atoms with Crippen LogP contribution in [0.5, 0.6) is 0 Å². The van der Waals surface area contributed by atoms with Crippen molar-refractivity contribution >= 4 is 39.3 Å². The van der Waals surface area contributed by atoms with Gasteiger partial charge in [-0.15, -0.1) is 0 Å². The Morgan fingerprint density at radius 3 is 2.67 bits per heavy atom. The van der Waals surface area contributed by atoms with E-state index in [1.807, 2.05) is 0 Å². The highest BCUT2D eigenvalue weighted by Gasteiger charge is 2.14. The largest absolute Gasteiger partial charge is 0.476 e. The zero-order chi connectivity index (χ0) is 9.30. The average molecular weight is 252 g/mol. The van der Waals surface area contributed by atoms with Crippen molar-refractivity contribution in [1.82, 2.24) is 9.97 Å². The van der Waals surface area contributed by atoms with Crippen LogP contribution < -0.4 is 5.73 Å². The average Bonchev–Trinajstić information content (AvgIpc) is 1.96. The predicted molar refractivity (Wildman–Crippen MR) is 46.1 cm³/mol. The quantitative estimate of drug-likeness (QED) is 0.783. The number of hydrogen-bond acceptors (Lipinski definition) is 4. The first kappa shape index (κ1) is 9.21. The highest BCUT2D eigenvalue weighted by molar-refractivity contribution is 9.10. The molecule has 0 atom stereocenters. The third-order valence-corrected chi connectivity index (χ3v) is 1.87. The monoisotopic (exact) mass is 251 g/mol. The van der Waals surface area contributed by atoms with Crippen molar-refractivity contribution in [3.05, 3.63) is 15.5 Å². The number of nitrogen functional groups attached to an aromatic ring is 1. The lowest BCUT2D eigenvalue weighted by atomic mass is 10.4. The Labute approximate surface area is 80.7 Å². The molecule has 0 amide bonds. The first-order valence-corrected chi connectivity index (χ1v) is 3.91. The van der Waals surface area contributed by atoms with E-state index >= 15 is 0 Å². The molecule has 0 bridgehead atoms. The number of carboxylic acid groups (broad SMARTS) is 1. The second-order valence-corrected chi connectivity index (χ2v) is 2.95. The van der Waals surface area contributed by atoms with Crippen LogP contribution in [0.25, 0.3) is 0 Å². The summed E-state index contributed by atoms with van der Waals surface area (Å²) in [5.74, 6) is -1.22. The Hall–Kier alpha value is -0.880. The second kappa shape index (κ2) is 3.24. The minimum Gasteiger partial charge on any atom is -0.476 e. The molecule has 5 nitrogen and oxygen atoms in total. The molecule has 0 aliphatic rings. The van der Waals surface area contributed by atoms with Gasteiger partial charge in [0.2, 0.25) is 0 Å². The number of rotatable bonds is 1. The first-order valence-electron chi connectivity index (χ1n) is 2.74. The summed E-state index contributed by atoms with van der Waals surface area (Å²) < 4.78 is 0.0666. The number of aromatic carboxylic acids is 1. The third-order valence-electron chi connectivity index (χ3n) is 1.04. The van der Waals surface area contributed by atoms with Gasteiger partial charge in [-0.25, -0.2) is 14.8 Å². The van der Waals surface area contributed by atoms with Gasteiger partial charge < -0.3 is 10.8 Å². The lowest BCUT2D eigenvalue weighted by Gasteiger charge is -1.99.